The van der Waals surface area contributed by atoms with E-state index >= 15 is 0 Å². The van der Waals surface area contributed by atoms with E-state index in [9.17, 15) is 14.9 Å². The first kappa shape index (κ1) is 23.7. The molecule has 4 rings (SSSR count). The van der Waals surface area contributed by atoms with E-state index in [0.717, 1.165) is 35.4 Å². The maximum absolute atomic E-state index is 13.0. The molecule has 0 saturated carbocycles. The summed E-state index contributed by atoms with van der Waals surface area (Å²) in [5.41, 5.74) is 4.47. The van der Waals surface area contributed by atoms with E-state index in [1.807, 2.05) is 62.4 Å². The van der Waals surface area contributed by atoms with Crippen LogP contribution < -0.4 is 15.4 Å². The number of nitrogens with one attached hydrogen (secondary N) is 2. The van der Waals surface area contributed by atoms with E-state index < -0.39 is 5.92 Å². The normalized spacial score (nSPS) is 17.6. The average molecular weight is 474 g/mol. The number of Topliss-reactive ketones (excluding diaryl/α,β-unsaturated/α-hetero) is 1. The number of thioether (sulfide) groups is 1. The third-order valence-electron chi connectivity index (χ3n) is 5.96. The molecule has 0 aromatic heterocycles. The second-order valence-electron chi connectivity index (χ2n) is 8.20. The van der Waals surface area contributed by atoms with Gasteiger partial charge in [0.2, 0.25) is 5.91 Å². The molecule has 1 amide bonds. The predicted octanol–water partition coefficient (Wildman–Crippen LogP) is 5.19. The number of hydrogen-bond donors (Lipinski definition) is 2. The number of benzene rings is 2. The van der Waals surface area contributed by atoms with Crippen LogP contribution in [-0.4, -0.2) is 24.1 Å². The summed E-state index contributed by atoms with van der Waals surface area (Å²) in [5, 5.41) is 17.1. The van der Waals surface area contributed by atoms with Gasteiger partial charge in [-0.1, -0.05) is 48.2 Å². The van der Waals surface area contributed by atoms with Crippen molar-refractivity contribution < 1.29 is 14.3 Å². The summed E-state index contributed by atoms with van der Waals surface area (Å²) in [6.45, 7) is 4.33. The van der Waals surface area contributed by atoms with Crippen LogP contribution in [0, 0.1) is 18.3 Å². The Bertz CT molecular complexity index is 1230. The highest BCUT2D eigenvalue weighted by Gasteiger charge is 2.38. The van der Waals surface area contributed by atoms with Crippen LogP contribution in [0.2, 0.25) is 0 Å². The minimum atomic E-state index is -0.515. The van der Waals surface area contributed by atoms with Crippen LogP contribution in [0.4, 0.5) is 5.69 Å². The van der Waals surface area contributed by atoms with Gasteiger partial charge in [0, 0.05) is 28.9 Å². The maximum atomic E-state index is 13.0. The van der Waals surface area contributed by atoms with Gasteiger partial charge in [-0.2, -0.15) is 5.26 Å². The van der Waals surface area contributed by atoms with Crippen molar-refractivity contribution in [2.75, 3.05) is 17.7 Å². The zero-order valence-electron chi connectivity index (χ0n) is 19.3. The Morgan fingerprint density at radius 2 is 1.97 bits per heavy atom. The summed E-state index contributed by atoms with van der Waals surface area (Å²) in [5.74, 6) is 0.184. The lowest BCUT2D eigenvalue weighted by molar-refractivity contribution is -0.116. The molecule has 0 radical (unpaired) electrons. The molecule has 7 heteroatoms. The molecule has 174 valence electrons. The van der Waals surface area contributed by atoms with E-state index in [0.29, 0.717) is 35.0 Å². The number of ether oxygens (including phenoxy) is 1. The number of carbonyl (C=O) groups excluding carboxylic acids is 2. The van der Waals surface area contributed by atoms with Crippen molar-refractivity contribution in [3.8, 4) is 11.8 Å². The molecule has 1 aliphatic heterocycles. The van der Waals surface area contributed by atoms with Crippen LogP contribution >= 0.6 is 11.8 Å². The van der Waals surface area contributed by atoms with E-state index in [-0.39, 0.29) is 17.4 Å². The number of nitriles is 1. The summed E-state index contributed by atoms with van der Waals surface area (Å²) in [7, 11) is 0. The molecule has 2 aliphatic rings. The van der Waals surface area contributed by atoms with Crippen molar-refractivity contribution in [3.05, 3.63) is 81.5 Å². The highest BCUT2D eigenvalue weighted by molar-refractivity contribution is 8.03. The smallest absolute Gasteiger partial charge is 0.234 e. The summed E-state index contributed by atoms with van der Waals surface area (Å²) >= 11 is 1.29. The van der Waals surface area contributed by atoms with Gasteiger partial charge >= 0.3 is 0 Å². The molecule has 2 N–H and O–H groups in total. The van der Waals surface area contributed by atoms with Crippen LogP contribution in [0.25, 0.3) is 0 Å². The fourth-order valence-corrected chi connectivity index (χ4v) is 5.25. The van der Waals surface area contributed by atoms with Gasteiger partial charge in [-0.3, -0.25) is 9.59 Å². The molecule has 0 fully saturated rings. The minimum Gasteiger partial charge on any atom is -0.494 e. The quantitative estimate of drug-likeness (QED) is 0.575. The fraction of sp³-hybridized carbons (Fsp3) is 0.296. The third kappa shape index (κ3) is 4.87. The second kappa shape index (κ2) is 10.6. The number of carbonyl (C=O) groups is 2. The number of dihydropyridines is 1. The number of amides is 1. The van der Waals surface area contributed by atoms with Crippen molar-refractivity contribution in [2.24, 2.45) is 0 Å². The van der Waals surface area contributed by atoms with Gasteiger partial charge in [0.25, 0.3) is 0 Å². The van der Waals surface area contributed by atoms with Gasteiger partial charge in [0.05, 0.1) is 34.9 Å². The minimum absolute atomic E-state index is 0.0548. The number of rotatable bonds is 7. The van der Waals surface area contributed by atoms with E-state index in [1.165, 1.54) is 11.8 Å². The SMILES string of the molecule is CCOc1ccccc1[C@H]1C(C#N)=C(SCC(=O)Nc2ccccc2C)NC2=C1C(=O)CCC2. The molecule has 0 spiro atoms. The zero-order valence-corrected chi connectivity index (χ0v) is 20.1. The molecule has 0 unspecified atom stereocenters. The zero-order chi connectivity index (χ0) is 24.1. The van der Waals surface area contributed by atoms with Gasteiger partial charge in [-0.25, -0.2) is 0 Å². The van der Waals surface area contributed by atoms with Crippen molar-refractivity contribution >= 4 is 29.1 Å². The molecule has 34 heavy (non-hydrogen) atoms. The summed E-state index contributed by atoms with van der Waals surface area (Å²) < 4.78 is 5.85. The number of anilines is 1. The average Bonchev–Trinajstić information content (AvgIpc) is 2.84. The van der Waals surface area contributed by atoms with Gasteiger partial charge in [-0.15, -0.1) is 0 Å². The molecule has 0 bridgehead atoms. The molecule has 6 nitrogen and oxygen atoms in total. The number of ketones is 1. The Morgan fingerprint density at radius 3 is 2.74 bits per heavy atom. The number of para-hydroxylation sites is 2. The molecule has 0 saturated heterocycles. The Kier molecular flexibility index (Phi) is 7.39. The number of hydrogen-bond acceptors (Lipinski definition) is 6. The Labute approximate surface area is 204 Å². The number of aryl methyl sites for hydroxylation is 1. The molecule has 2 aromatic rings. The van der Waals surface area contributed by atoms with Gasteiger partial charge in [0.1, 0.15) is 5.75 Å². The molecule has 1 atom stereocenters. The molecule has 1 heterocycles. The molecule has 1 aliphatic carbocycles. The standard InChI is InChI=1S/C27H27N3O3S/c1-3-33-23-14-7-5-10-18(23)25-19(15-28)27(30-21-12-8-13-22(31)26(21)25)34-16-24(32)29-20-11-6-4-9-17(20)2/h4-7,9-11,14,25,30H,3,8,12-13,16H2,1-2H3,(H,29,32)/t25-/m0/s1. The first-order chi connectivity index (χ1) is 16.5. The predicted molar refractivity (Wildman–Crippen MR) is 134 cm³/mol. The monoisotopic (exact) mass is 473 g/mol. The Hall–Kier alpha value is -3.50. The van der Waals surface area contributed by atoms with E-state index in [1.54, 1.807) is 0 Å². The van der Waals surface area contributed by atoms with Gasteiger partial charge in [-0.05, 0) is 44.4 Å². The van der Waals surface area contributed by atoms with Gasteiger partial charge < -0.3 is 15.4 Å². The van der Waals surface area contributed by atoms with Crippen molar-refractivity contribution in [1.82, 2.24) is 5.32 Å². The van der Waals surface area contributed by atoms with E-state index in [4.69, 9.17) is 4.74 Å². The largest absolute Gasteiger partial charge is 0.494 e. The summed E-state index contributed by atoms with van der Waals surface area (Å²) in [6, 6.07) is 17.5. The Morgan fingerprint density at radius 1 is 1.21 bits per heavy atom. The van der Waals surface area contributed by atoms with E-state index in [2.05, 4.69) is 16.7 Å². The fourth-order valence-electron chi connectivity index (χ4n) is 4.39. The Balaban J connectivity index is 1.66. The van der Waals surface area contributed by atoms with Crippen molar-refractivity contribution in [2.45, 2.75) is 39.0 Å². The first-order valence-electron chi connectivity index (χ1n) is 11.4. The lowest BCUT2D eigenvalue weighted by Crippen LogP contribution is -2.32. The van der Waals surface area contributed by atoms with Crippen LogP contribution in [0.5, 0.6) is 5.75 Å². The maximum Gasteiger partial charge on any atom is 0.234 e. The van der Waals surface area contributed by atoms with Crippen LogP contribution in [0.1, 0.15) is 43.2 Å². The highest BCUT2D eigenvalue weighted by Crippen LogP contribution is 2.46. The lowest BCUT2D eigenvalue weighted by Gasteiger charge is -2.33. The number of nitrogens with zero attached hydrogens (tertiary/aromatic N) is 1. The molecular formula is C27H27N3O3S. The van der Waals surface area contributed by atoms with Crippen LogP contribution in [0.3, 0.4) is 0 Å². The van der Waals surface area contributed by atoms with Crippen molar-refractivity contribution in [3.63, 3.8) is 0 Å². The second-order valence-corrected chi connectivity index (χ2v) is 9.19. The first-order valence-corrected chi connectivity index (χ1v) is 12.4. The third-order valence-corrected chi connectivity index (χ3v) is 6.98. The topological polar surface area (TPSA) is 91.2 Å². The van der Waals surface area contributed by atoms with Gasteiger partial charge in [0.15, 0.2) is 5.78 Å². The molecular weight excluding hydrogens is 446 g/mol. The van der Waals surface area contributed by atoms with Crippen molar-refractivity contribution in [1.29, 1.82) is 5.26 Å². The molecule has 2 aromatic carbocycles. The highest BCUT2D eigenvalue weighted by atomic mass is 32.2. The number of allylic oxidation sites excluding steroid dienone is 3. The summed E-state index contributed by atoms with van der Waals surface area (Å²) in [6.07, 6.45) is 1.96. The lowest BCUT2D eigenvalue weighted by atomic mass is 9.76. The summed E-state index contributed by atoms with van der Waals surface area (Å²) in [4.78, 5) is 25.7. The van der Waals surface area contributed by atoms with Crippen LogP contribution in [-0.2, 0) is 9.59 Å². The van der Waals surface area contributed by atoms with Crippen LogP contribution in [0.15, 0.2) is 70.4 Å².